The van der Waals surface area contributed by atoms with Gasteiger partial charge in [-0.15, -0.1) is 0 Å². The quantitative estimate of drug-likeness (QED) is 0.444. The lowest BCUT2D eigenvalue weighted by Crippen LogP contribution is -2.45. The molecule has 0 heterocycles. The molecule has 7 nitrogen and oxygen atoms in total. The average Bonchev–Trinajstić information content (AvgIpc) is 2.45. The van der Waals surface area contributed by atoms with Gasteiger partial charge in [0.2, 0.25) is 17.7 Å². The van der Waals surface area contributed by atoms with E-state index in [0.29, 0.717) is 6.42 Å². The first kappa shape index (κ1) is 19.4. The highest BCUT2D eigenvalue weighted by molar-refractivity contribution is 5.87. The Morgan fingerprint density at radius 2 is 1.86 bits per heavy atom. The molecule has 4 N–H and O–H groups in total. The number of carbonyl (C=O) groups is 3. The molecule has 0 bridgehead atoms. The Bertz CT molecular complexity index is 347. The zero-order valence-corrected chi connectivity index (χ0v) is 13.1. The van der Waals surface area contributed by atoms with Crippen LogP contribution in [-0.2, 0) is 14.4 Å². The molecular formula is C14H27N3O4. The van der Waals surface area contributed by atoms with Gasteiger partial charge in [0.05, 0.1) is 6.10 Å². The van der Waals surface area contributed by atoms with Crippen LogP contribution in [0.3, 0.4) is 0 Å². The molecule has 0 radical (unpaired) electrons. The predicted molar refractivity (Wildman–Crippen MR) is 79.4 cm³/mol. The normalized spacial score (nSPS) is 13.1. The van der Waals surface area contributed by atoms with Crippen LogP contribution in [0.25, 0.3) is 0 Å². The smallest absolute Gasteiger partial charge is 0.242 e. The maximum absolute atomic E-state index is 11.7. The van der Waals surface area contributed by atoms with Crippen molar-refractivity contribution in [3.63, 3.8) is 0 Å². The third-order valence-corrected chi connectivity index (χ3v) is 3.03. The van der Waals surface area contributed by atoms with Crippen molar-refractivity contribution >= 4 is 17.7 Å². The third-order valence-electron chi connectivity index (χ3n) is 3.03. The first-order valence-corrected chi connectivity index (χ1v) is 7.34. The number of unbranched alkanes of at least 4 members (excludes halogenated alkanes) is 1. The number of hydrogen-bond acceptors (Lipinski definition) is 4. The molecule has 2 atom stereocenters. The van der Waals surface area contributed by atoms with Gasteiger partial charge >= 0.3 is 0 Å². The van der Waals surface area contributed by atoms with Gasteiger partial charge in [0.15, 0.2) is 0 Å². The molecule has 0 aromatic carbocycles. The number of carbonyl (C=O) groups excluding carboxylic acids is 3. The third kappa shape index (κ3) is 9.84. The van der Waals surface area contributed by atoms with E-state index in [1.54, 1.807) is 0 Å². The first-order valence-electron chi connectivity index (χ1n) is 7.34. The summed E-state index contributed by atoms with van der Waals surface area (Å²) in [5.41, 5.74) is 0. The van der Waals surface area contributed by atoms with E-state index >= 15 is 0 Å². The van der Waals surface area contributed by atoms with E-state index in [-0.39, 0.29) is 37.1 Å². The van der Waals surface area contributed by atoms with E-state index in [4.69, 9.17) is 0 Å². The van der Waals surface area contributed by atoms with Crippen molar-refractivity contribution in [2.75, 3.05) is 13.6 Å². The molecule has 3 amide bonds. The van der Waals surface area contributed by atoms with Gasteiger partial charge < -0.3 is 21.1 Å². The highest BCUT2D eigenvalue weighted by atomic mass is 16.3. The van der Waals surface area contributed by atoms with Crippen LogP contribution in [0.4, 0.5) is 0 Å². The topological polar surface area (TPSA) is 108 Å². The SMILES string of the molecule is CCCCC(O)CNC(=O)CCC(NC(C)=O)C(=O)NC. The summed E-state index contributed by atoms with van der Waals surface area (Å²) in [6, 6.07) is -0.719. The van der Waals surface area contributed by atoms with Crippen molar-refractivity contribution in [2.24, 2.45) is 0 Å². The standard InChI is InChI=1S/C14H27N3O4/c1-4-5-6-11(19)9-16-13(20)8-7-12(14(21)15-3)17-10(2)18/h11-12,19H,4-9H2,1-3H3,(H,15,21)(H,16,20)(H,17,18). The maximum Gasteiger partial charge on any atom is 0.242 e. The molecule has 7 heteroatoms. The Labute approximate surface area is 125 Å². The van der Waals surface area contributed by atoms with Gasteiger partial charge in [0, 0.05) is 26.9 Å². The minimum absolute atomic E-state index is 0.110. The lowest BCUT2D eigenvalue weighted by atomic mass is 10.1. The fourth-order valence-electron chi connectivity index (χ4n) is 1.83. The minimum atomic E-state index is -0.719. The fraction of sp³-hybridized carbons (Fsp3) is 0.786. The van der Waals surface area contributed by atoms with Crippen LogP contribution in [0.2, 0.25) is 0 Å². The zero-order chi connectivity index (χ0) is 16.3. The van der Waals surface area contributed by atoms with Gasteiger partial charge in [-0.2, -0.15) is 0 Å². The summed E-state index contributed by atoms with van der Waals surface area (Å²) in [6.07, 6.45) is 2.35. The number of hydrogen-bond donors (Lipinski definition) is 4. The van der Waals surface area contributed by atoms with Crippen LogP contribution < -0.4 is 16.0 Å². The minimum Gasteiger partial charge on any atom is -0.391 e. The summed E-state index contributed by atoms with van der Waals surface area (Å²) in [5.74, 6) is -0.898. The summed E-state index contributed by atoms with van der Waals surface area (Å²) in [4.78, 5) is 34.2. The second-order valence-electron chi connectivity index (χ2n) is 5.01. The van der Waals surface area contributed by atoms with E-state index in [1.165, 1.54) is 14.0 Å². The lowest BCUT2D eigenvalue weighted by molar-refractivity contribution is -0.128. The second kappa shape index (κ2) is 11.1. The lowest BCUT2D eigenvalue weighted by Gasteiger charge is -2.16. The number of aliphatic hydroxyl groups is 1. The van der Waals surface area contributed by atoms with E-state index < -0.39 is 12.1 Å². The molecule has 0 saturated heterocycles. The molecule has 0 rings (SSSR count). The molecule has 21 heavy (non-hydrogen) atoms. The Morgan fingerprint density at radius 1 is 1.19 bits per heavy atom. The Kier molecular flexibility index (Phi) is 10.2. The predicted octanol–water partition coefficient (Wildman–Crippen LogP) is -0.315. The summed E-state index contributed by atoms with van der Waals surface area (Å²) in [6.45, 7) is 3.57. The average molecular weight is 301 g/mol. The molecular weight excluding hydrogens is 274 g/mol. The fourth-order valence-corrected chi connectivity index (χ4v) is 1.83. The Morgan fingerprint density at radius 3 is 2.38 bits per heavy atom. The summed E-state index contributed by atoms with van der Waals surface area (Å²) < 4.78 is 0. The number of amides is 3. The monoisotopic (exact) mass is 301 g/mol. The first-order chi connectivity index (χ1) is 9.90. The molecule has 0 aromatic heterocycles. The van der Waals surface area contributed by atoms with Crippen LogP contribution in [0.15, 0.2) is 0 Å². The number of rotatable bonds is 10. The molecule has 0 aliphatic rings. The highest BCUT2D eigenvalue weighted by Gasteiger charge is 2.19. The van der Waals surface area contributed by atoms with Crippen molar-refractivity contribution < 1.29 is 19.5 Å². The molecule has 0 saturated carbocycles. The molecule has 0 aliphatic heterocycles. The van der Waals surface area contributed by atoms with Gasteiger partial charge in [-0.3, -0.25) is 14.4 Å². The summed E-state index contributed by atoms with van der Waals surface area (Å²) in [5, 5.41) is 17.2. The Hall–Kier alpha value is -1.63. The largest absolute Gasteiger partial charge is 0.391 e. The van der Waals surface area contributed by atoms with E-state index in [9.17, 15) is 19.5 Å². The van der Waals surface area contributed by atoms with Gasteiger partial charge in [-0.25, -0.2) is 0 Å². The second-order valence-corrected chi connectivity index (χ2v) is 5.01. The van der Waals surface area contributed by atoms with Crippen molar-refractivity contribution in [3.05, 3.63) is 0 Å². The maximum atomic E-state index is 11.7. The van der Waals surface area contributed by atoms with E-state index in [1.807, 2.05) is 6.92 Å². The number of aliphatic hydroxyl groups excluding tert-OH is 1. The highest BCUT2D eigenvalue weighted by Crippen LogP contribution is 2.01. The van der Waals surface area contributed by atoms with Crippen molar-refractivity contribution in [2.45, 2.75) is 58.1 Å². The van der Waals surface area contributed by atoms with Gasteiger partial charge in [0.1, 0.15) is 6.04 Å². The molecule has 2 unspecified atom stereocenters. The number of nitrogens with one attached hydrogen (secondary N) is 3. The Balaban J connectivity index is 4.07. The van der Waals surface area contributed by atoms with Gasteiger partial charge in [-0.05, 0) is 12.8 Å². The summed E-state index contributed by atoms with van der Waals surface area (Å²) >= 11 is 0. The van der Waals surface area contributed by atoms with Crippen molar-refractivity contribution in [1.29, 1.82) is 0 Å². The number of likely N-dealkylation sites (N-methyl/N-ethyl adjacent to an activating group) is 1. The van der Waals surface area contributed by atoms with Crippen LogP contribution in [0, 0.1) is 0 Å². The molecule has 0 spiro atoms. The van der Waals surface area contributed by atoms with Crippen LogP contribution >= 0.6 is 0 Å². The van der Waals surface area contributed by atoms with Crippen molar-refractivity contribution in [3.8, 4) is 0 Å². The van der Waals surface area contributed by atoms with Crippen LogP contribution in [0.5, 0.6) is 0 Å². The van der Waals surface area contributed by atoms with Crippen LogP contribution in [0.1, 0.15) is 46.0 Å². The zero-order valence-electron chi connectivity index (χ0n) is 13.1. The van der Waals surface area contributed by atoms with Crippen LogP contribution in [-0.4, -0.2) is 48.6 Å². The van der Waals surface area contributed by atoms with E-state index in [2.05, 4.69) is 16.0 Å². The van der Waals surface area contributed by atoms with Gasteiger partial charge in [-0.1, -0.05) is 19.8 Å². The summed E-state index contributed by atoms with van der Waals surface area (Å²) in [7, 11) is 1.47. The van der Waals surface area contributed by atoms with E-state index in [0.717, 1.165) is 12.8 Å². The van der Waals surface area contributed by atoms with Crippen molar-refractivity contribution in [1.82, 2.24) is 16.0 Å². The molecule has 0 aliphatic carbocycles. The molecule has 122 valence electrons. The molecule has 0 aromatic rings. The molecule has 0 fully saturated rings. The van der Waals surface area contributed by atoms with Gasteiger partial charge in [0.25, 0.3) is 0 Å².